The highest BCUT2D eigenvalue weighted by Gasteiger charge is 2.31. The molecule has 0 unspecified atom stereocenters. The van der Waals surface area contributed by atoms with E-state index in [0.29, 0.717) is 29.1 Å². The van der Waals surface area contributed by atoms with Crippen LogP contribution >= 0.6 is 0 Å². The Morgan fingerprint density at radius 2 is 1.93 bits per heavy atom. The molecule has 6 nitrogen and oxygen atoms in total. The Morgan fingerprint density at radius 3 is 2.61 bits per heavy atom. The molecule has 1 aromatic heterocycles. The predicted molar refractivity (Wildman–Crippen MR) is 109 cm³/mol. The number of piperidine rings is 1. The van der Waals surface area contributed by atoms with Gasteiger partial charge in [-0.25, -0.2) is 13.2 Å². The third kappa shape index (κ3) is 4.52. The molecule has 1 N–H and O–H groups in total. The van der Waals surface area contributed by atoms with Gasteiger partial charge in [-0.05, 0) is 61.9 Å². The van der Waals surface area contributed by atoms with Crippen LogP contribution in [-0.2, 0) is 9.84 Å². The molecule has 1 aliphatic heterocycles. The number of carbonyl (C=O) groups is 1. The number of carbonyl (C=O) groups excluding carboxylic acids is 1. The molecular formula is C21H27N3O3S. The van der Waals surface area contributed by atoms with Crippen LogP contribution in [0.15, 0.2) is 47.6 Å². The average molecular weight is 402 g/mol. The van der Waals surface area contributed by atoms with E-state index in [-0.39, 0.29) is 12.6 Å². The molecule has 0 spiro atoms. The fourth-order valence-electron chi connectivity index (χ4n) is 3.53. The molecule has 28 heavy (non-hydrogen) atoms. The van der Waals surface area contributed by atoms with Crippen LogP contribution in [-0.4, -0.2) is 44.0 Å². The van der Waals surface area contributed by atoms with Gasteiger partial charge in [0.05, 0.1) is 4.90 Å². The lowest BCUT2D eigenvalue weighted by Crippen LogP contribution is -2.44. The van der Waals surface area contributed by atoms with Crippen LogP contribution in [0.3, 0.4) is 0 Å². The second-order valence-electron chi connectivity index (χ2n) is 7.32. The second kappa shape index (κ2) is 8.73. The number of urea groups is 1. The van der Waals surface area contributed by atoms with Gasteiger partial charge < -0.3 is 10.2 Å². The van der Waals surface area contributed by atoms with Crippen LogP contribution in [0, 0.1) is 13.8 Å². The normalized spacial score (nSPS) is 15.9. The summed E-state index contributed by atoms with van der Waals surface area (Å²) < 4.78 is 27.0. The van der Waals surface area contributed by atoms with Gasteiger partial charge in [0.2, 0.25) is 0 Å². The molecule has 2 aromatic rings. The largest absolute Gasteiger partial charge is 0.336 e. The Bertz CT molecular complexity index is 923. The number of nitrogens with zero attached hydrogens (tertiary/aromatic N) is 2. The van der Waals surface area contributed by atoms with E-state index in [2.05, 4.69) is 10.3 Å². The number of hydrogen-bond donors (Lipinski definition) is 1. The van der Waals surface area contributed by atoms with Gasteiger partial charge in [-0.2, -0.15) is 0 Å². The number of benzene rings is 1. The maximum atomic E-state index is 13.5. The molecule has 0 radical (unpaired) electrons. The molecule has 1 saturated heterocycles. The van der Waals surface area contributed by atoms with Gasteiger partial charge in [-0.15, -0.1) is 0 Å². The zero-order valence-electron chi connectivity index (χ0n) is 16.4. The van der Waals surface area contributed by atoms with E-state index in [1.165, 1.54) is 0 Å². The summed E-state index contributed by atoms with van der Waals surface area (Å²) in [4.78, 5) is 18.7. The Morgan fingerprint density at radius 1 is 1.18 bits per heavy atom. The minimum absolute atomic E-state index is 0.0107. The van der Waals surface area contributed by atoms with Crippen LogP contribution in [0.2, 0.25) is 0 Å². The number of pyridine rings is 1. The summed E-state index contributed by atoms with van der Waals surface area (Å²) in [7, 11) is -3.71. The van der Waals surface area contributed by atoms with Crippen molar-refractivity contribution < 1.29 is 13.2 Å². The van der Waals surface area contributed by atoms with Gasteiger partial charge in [0.1, 0.15) is 5.25 Å². The molecule has 0 bridgehead atoms. The number of aryl methyl sites for hydroxylation is 2. The lowest BCUT2D eigenvalue weighted by molar-refractivity contribution is 0.186. The molecule has 2 heterocycles. The maximum absolute atomic E-state index is 13.5. The van der Waals surface area contributed by atoms with Gasteiger partial charge >= 0.3 is 6.03 Å². The van der Waals surface area contributed by atoms with E-state index in [4.69, 9.17) is 0 Å². The molecule has 1 atom stereocenters. The molecule has 1 fully saturated rings. The number of likely N-dealkylation sites (tertiary alicyclic amines) is 1. The molecule has 7 heteroatoms. The number of nitrogens with one attached hydrogen (secondary N) is 1. The lowest BCUT2D eigenvalue weighted by Gasteiger charge is -2.28. The molecule has 2 amide bonds. The molecule has 0 aliphatic carbocycles. The molecule has 0 saturated carbocycles. The fourth-order valence-corrected chi connectivity index (χ4v) is 5.50. The van der Waals surface area contributed by atoms with Crippen molar-refractivity contribution in [3.63, 3.8) is 0 Å². The molecule has 1 aliphatic rings. The monoisotopic (exact) mass is 401 g/mol. The van der Waals surface area contributed by atoms with Crippen molar-refractivity contribution in [3.05, 3.63) is 59.4 Å². The third-order valence-electron chi connectivity index (χ3n) is 5.16. The highest BCUT2D eigenvalue weighted by atomic mass is 32.2. The van der Waals surface area contributed by atoms with Gasteiger partial charge in [0.25, 0.3) is 0 Å². The van der Waals surface area contributed by atoms with Crippen molar-refractivity contribution >= 4 is 15.9 Å². The minimum Gasteiger partial charge on any atom is -0.336 e. The number of aromatic nitrogens is 1. The van der Waals surface area contributed by atoms with Crippen molar-refractivity contribution in [3.8, 4) is 0 Å². The molecular weight excluding hydrogens is 374 g/mol. The number of sulfone groups is 1. The van der Waals surface area contributed by atoms with E-state index in [0.717, 1.165) is 24.8 Å². The van der Waals surface area contributed by atoms with Gasteiger partial charge in [0.15, 0.2) is 9.84 Å². The lowest BCUT2D eigenvalue weighted by atomic mass is 10.1. The van der Waals surface area contributed by atoms with Crippen LogP contribution in [0.4, 0.5) is 4.79 Å². The predicted octanol–water partition coefficient (Wildman–Crippen LogP) is 3.41. The van der Waals surface area contributed by atoms with Crippen LogP contribution < -0.4 is 5.32 Å². The molecule has 150 valence electrons. The van der Waals surface area contributed by atoms with E-state index < -0.39 is 15.1 Å². The van der Waals surface area contributed by atoms with Gasteiger partial charge in [-0.1, -0.05) is 18.2 Å². The summed E-state index contributed by atoms with van der Waals surface area (Å²) >= 11 is 0. The second-order valence-corrected chi connectivity index (χ2v) is 9.42. The molecule has 3 rings (SSSR count). The van der Waals surface area contributed by atoms with E-state index in [1.54, 1.807) is 42.4 Å². The summed E-state index contributed by atoms with van der Waals surface area (Å²) in [6.07, 6.45) is 6.27. The number of rotatable bonds is 5. The zero-order chi connectivity index (χ0) is 20.1. The minimum atomic E-state index is -3.71. The smallest absolute Gasteiger partial charge is 0.317 e. The van der Waals surface area contributed by atoms with Crippen molar-refractivity contribution in [2.75, 3.05) is 19.6 Å². The maximum Gasteiger partial charge on any atom is 0.317 e. The van der Waals surface area contributed by atoms with E-state index in [9.17, 15) is 13.2 Å². The first-order chi connectivity index (χ1) is 13.4. The first-order valence-electron chi connectivity index (χ1n) is 9.63. The first-order valence-corrected chi connectivity index (χ1v) is 11.2. The third-order valence-corrected chi connectivity index (χ3v) is 7.40. The van der Waals surface area contributed by atoms with Crippen LogP contribution in [0.25, 0.3) is 0 Å². The van der Waals surface area contributed by atoms with Crippen molar-refractivity contribution in [1.29, 1.82) is 0 Å². The van der Waals surface area contributed by atoms with Crippen molar-refractivity contribution in [1.82, 2.24) is 15.2 Å². The molecule has 1 aromatic carbocycles. The SMILES string of the molecule is Cc1ccc(C)c(S(=O)(=O)[C@@H](CNC(=O)N2CCCCC2)c2cccnc2)c1. The summed E-state index contributed by atoms with van der Waals surface area (Å²) in [5, 5.41) is 1.95. The summed E-state index contributed by atoms with van der Waals surface area (Å²) in [5.74, 6) is 0. The standard InChI is InChI=1S/C21H27N3O3S/c1-16-8-9-17(2)19(13-16)28(26,27)20(18-7-6-10-22-14-18)15-23-21(25)24-11-4-3-5-12-24/h6-10,13-14,20H,3-5,11-12,15H2,1-2H3,(H,23,25)/t20-/m0/s1. The summed E-state index contributed by atoms with van der Waals surface area (Å²) in [6.45, 7) is 5.10. The Labute approximate surface area is 166 Å². The quantitative estimate of drug-likeness (QED) is 0.833. The van der Waals surface area contributed by atoms with Crippen LogP contribution in [0.5, 0.6) is 0 Å². The summed E-state index contributed by atoms with van der Waals surface area (Å²) in [5.41, 5.74) is 2.15. The topological polar surface area (TPSA) is 79.4 Å². The average Bonchev–Trinajstić information content (AvgIpc) is 2.71. The Hall–Kier alpha value is -2.41. The highest BCUT2D eigenvalue weighted by Crippen LogP contribution is 2.30. The number of amides is 2. The van der Waals surface area contributed by atoms with Gasteiger partial charge in [-0.3, -0.25) is 4.98 Å². The first kappa shape index (κ1) is 20.3. The summed E-state index contributed by atoms with van der Waals surface area (Å²) in [6, 6.07) is 8.66. The zero-order valence-corrected chi connectivity index (χ0v) is 17.2. The highest BCUT2D eigenvalue weighted by molar-refractivity contribution is 7.91. The van der Waals surface area contributed by atoms with E-state index >= 15 is 0 Å². The van der Waals surface area contributed by atoms with E-state index in [1.807, 2.05) is 19.1 Å². The van der Waals surface area contributed by atoms with Crippen molar-refractivity contribution in [2.24, 2.45) is 0 Å². The Balaban J connectivity index is 1.89. The Kier molecular flexibility index (Phi) is 6.34. The van der Waals surface area contributed by atoms with Gasteiger partial charge in [0, 0.05) is 32.0 Å². The van der Waals surface area contributed by atoms with Crippen molar-refractivity contribution in [2.45, 2.75) is 43.3 Å². The fraction of sp³-hybridized carbons (Fsp3) is 0.429. The van der Waals surface area contributed by atoms with Crippen LogP contribution in [0.1, 0.15) is 41.2 Å². The number of hydrogen-bond acceptors (Lipinski definition) is 4.